The largest absolute Gasteiger partial charge is 0.462 e. The maximum Gasteiger partial charge on any atom is 0.311 e. The van der Waals surface area contributed by atoms with Gasteiger partial charge in [0.1, 0.15) is 12.2 Å². The number of aliphatic hydroxyl groups excluding tert-OH is 2. The summed E-state index contributed by atoms with van der Waals surface area (Å²) >= 11 is 0. The molecular formula is C22H38O7. The van der Waals surface area contributed by atoms with Crippen molar-refractivity contribution in [2.24, 2.45) is 11.8 Å². The Balaban J connectivity index is 2.17. The minimum atomic E-state index is -0.893. The maximum atomic E-state index is 12.7. The molecule has 2 fully saturated rings. The second-order valence-electron chi connectivity index (χ2n) is 8.66. The van der Waals surface area contributed by atoms with Gasteiger partial charge in [0.2, 0.25) is 0 Å². The monoisotopic (exact) mass is 414 g/mol. The Morgan fingerprint density at radius 1 is 0.966 bits per heavy atom. The third-order valence-corrected chi connectivity index (χ3v) is 6.36. The summed E-state index contributed by atoms with van der Waals surface area (Å²) < 4.78 is 17.4. The first-order valence-electron chi connectivity index (χ1n) is 11.2. The Bertz CT molecular complexity index is 537. The van der Waals surface area contributed by atoms with Gasteiger partial charge in [0, 0.05) is 12.8 Å². The van der Waals surface area contributed by atoms with Gasteiger partial charge in [-0.05, 0) is 52.4 Å². The van der Waals surface area contributed by atoms with E-state index in [1.807, 2.05) is 20.8 Å². The fraction of sp³-hybridized carbons (Fsp3) is 0.909. The molecular weight excluding hydrogens is 376 g/mol. The maximum absolute atomic E-state index is 12.7. The van der Waals surface area contributed by atoms with Crippen LogP contribution >= 0.6 is 0 Å². The number of esters is 2. The third kappa shape index (κ3) is 6.93. The molecule has 29 heavy (non-hydrogen) atoms. The predicted molar refractivity (Wildman–Crippen MR) is 107 cm³/mol. The van der Waals surface area contributed by atoms with Crippen molar-refractivity contribution >= 4 is 11.9 Å². The molecule has 0 unspecified atom stereocenters. The highest BCUT2D eigenvalue weighted by Crippen LogP contribution is 2.31. The molecule has 168 valence electrons. The lowest BCUT2D eigenvalue weighted by Crippen LogP contribution is -2.33. The van der Waals surface area contributed by atoms with Crippen molar-refractivity contribution in [1.82, 2.24) is 0 Å². The summed E-state index contributed by atoms with van der Waals surface area (Å²) in [6, 6.07) is 0. The van der Waals surface area contributed by atoms with Crippen LogP contribution in [0.15, 0.2) is 0 Å². The van der Waals surface area contributed by atoms with E-state index in [1.165, 1.54) is 0 Å². The number of carbonyl (C=O) groups is 2. The van der Waals surface area contributed by atoms with Crippen LogP contribution < -0.4 is 0 Å². The van der Waals surface area contributed by atoms with Gasteiger partial charge in [-0.1, -0.05) is 13.8 Å². The molecule has 2 N–H and O–H groups in total. The van der Waals surface area contributed by atoms with E-state index in [0.29, 0.717) is 38.5 Å². The molecule has 0 aromatic heterocycles. The highest BCUT2D eigenvalue weighted by molar-refractivity contribution is 5.73. The lowest BCUT2D eigenvalue weighted by Gasteiger charge is -2.25. The zero-order valence-electron chi connectivity index (χ0n) is 18.2. The number of cyclic esters (lactones) is 2. The van der Waals surface area contributed by atoms with Crippen molar-refractivity contribution in [3.63, 3.8) is 0 Å². The summed E-state index contributed by atoms with van der Waals surface area (Å²) in [7, 11) is 0. The molecule has 2 aliphatic heterocycles. The zero-order valence-corrected chi connectivity index (χ0v) is 18.2. The molecule has 0 saturated carbocycles. The fourth-order valence-electron chi connectivity index (χ4n) is 4.02. The number of hydrogen-bond acceptors (Lipinski definition) is 7. The Labute approximate surface area is 174 Å². The summed E-state index contributed by atoms with van der Waals surface area (Å²) in [5.74, 6) is -1.82. The Morgan fingerprint density at radius 2 is 1.62 bits per heavy atom. The number of hydrogen-bond donors (Lipinski definition) is 2. The molecule has 0 aromatic carbocycles. The Hall–Kier alpha value is -1.18. The van der Waals surface area contributed by atoms with Crippen LogP contribution in [0.5, 0.6) is 0 Å². The van der Waals surface area contributed by atoms with E-state index in [0.717, 1.165) is 12.8 Å². The minimum absolute atomic E-state index is 0.0592. The molecule has 2 aliphatic rings. The number of aliphatic hydroxyl groups is 2. The van der Waals surface area contributed by atoms with Crippen LogP contribution in [0.2, 0.25) is 0 Å². The van der Waals surface area contributed by atoms with Gasteiger partial charge >= 0.3 is 11.9 Å². The molecule has 7 heteroatoms. The lowest BCUT2D eigenvalue weighted by atomic mass is 9.96. The summed E-state index contributed by atoms with van der Waals surface area (Å²) in [6.07, 6.45) is 1.85. The van der Waals surface area contributed by atoms with Crippen LogP contribution in [-0.4, -0.2) is 58.8 Å². The van der Waals surface area contributed by atoms with E-state index in [2.05, 4.69) is 0 Å². The minimum Gasteiger partial charge on any atom is -0.462 e. The van der Waals surface area contributed by atoms with E-state index in [-0.39, 0.29) is 24.3 Å². The molecule has 7 nitrogen and oxygen atoms in total. The predicted octanol–water partition coefficient (Wildman–Crippen LogP) is 2.75. The molecule has 0 aliphatic carbocycles. The molecule has 0 aromatic rings. The molecule has 2 bridgehead atoms. The molecule has 0 radical (unpaired) electrons. The van der Waals surface area contributed by atoms with Gasteiger partial charge in [-0.3, -0.25) is 9.59 Å². The summed E-state index contributed by atoms with van der Waals surface area (Å²) in [5.41, 5.74) is 0. The second kappa shape index (κ2) is 11.3. The average molecular weight is 415 g/mol. The SMILES string of the molecule is CC[C@@H](O)C[C@@H]1CC[C@@H](O)[C@@H](C)C(=O)O[C@@H](CC)C[C@@H]2CC[C@H](O2)[C@H](C)C(=O)O1. The van der Waals surface area contributed by atoms with Crippen LogP contribution in [0.25, 0.3) is 0 Å². The van der Waals surface area contributed by atoms with Crippen LogP contribution in [0.1, 0.15) is 79.1 Å². The van der Waals surface area contributed by atoms with Gasteiger partial charge in [-0.25, -0.2) is 0 Å². The van der Waals surface area contributed by atoms with E-state index in [9.17, 15) is 19.8 Å². The Kier molecular flexibility index (Phi) is 9.37. The average Bonchev–Trinajstić information content (AvgIpc) is 3.17. The molecule has 8 atom stereocenters. The van der Waals surface area contributed by atoms with Crippen molar-refractivity contribution in [3.05, 3.63) is 0 Å². The van der Waals surface area contributed by atoms with E-state index in [4.69, 9.17) is 14.2 Å². The topological polar surface area (TPSA) is 102 Å². The normalized spacial score (nSPS) is 38.5. The number of rotatable bonds is 4. The highest BCUT2D eigenvalue weighted by atomic mass is 16.6. The first-order chi connectivity index (χ1) is 13.7. The number of fused-ring (bicyclic) bond motifs is 2. The van der Waals surface area contributed by atoms with Gasteiger partial charge in [-0.2, -0.15) is 0 Å². The van der Waals surface area contributed by atoms with Crippen molar-refractivity contribution in [3.8, 4) is 0 Å². The summed E-state index contributed by atoms with van der Waals surface area (Å²) in [6.45, 7) is 7.30. The molecule has 0 amide bonds. The molecule has 2 rings (SSSR count). The van der Waals surface area contributed by atoms with Crippen LogP contribution in [0.4, 0.5) is 0 Å². The first kappa shape index (κ1) is 24.1. The standard InChI is InChI=1S/C22H38O7/c1-5-15(23)11-17-7-9-19(24)13(3)21(25)28-16(6-2)12-18-8-10-20(27-18)14(4)22(26)29-17/h13-20,23-24H,5-12H2,1-4H3/t13-,14+,15-,16+,17+,18+,19-,20+/m1/s1. The first-order valence-corrected chi connectivity index (χ1v) is 11.2. The second-order valence-corrected chi connectivity index (χ2v) is 8.66. The van der Waals surface area contributed by atoms with Gasteiger partial charge in [0.25, 0.3) is 0 Å². The fourth-order valence-corrected chi connectivity index (χ4v) is 4.02. The third-order valence-electron chi connectivity index (χ3n) is 6.36. The summed E-state index contributed by atoms with van der Waals surface area (Å²) in [5, 5.41) is 20.5. The van der Waals surface area contributed by atoms with Gasteiger partial charge in [0.05, 0.1) is 36.3 Å². The van der Waals surface area contributed by atoms with Crippen molar-refractivity contribution in [2.75, 3.05) is 0 Å². The molecule has 0 spiro atoms. The number of ether oxygens (including phenoxy) is 3. The van der Waals surface area contributed by atoms with Gasteiger partial charge in [-0.15, -0.1) is 0 Å². The Morgan fingerprint density at radius 3 is 2.28 bits per heavy atom. The van der Waals surface area contributed by atoms with Crippen LogP contribution in [0.3, 0.4) is 0 Å². The van der Waals surface area contributed by atoms with Gasteiger partial charge < -0.3 is 24.4 Å². The van der Waals surface area contributed by atoms with E-state index < -0.39 is 36.1 Å². The van der Waals surface area contributed by atoms with Crippen LogP contribution in [0, 0.1) is 11.8 Å². The summed E-state index contributed by atoms with van der Waals surface area (Å²) in [4.78, 5) is 25.2. The molecule has 2 heterocycles. The quantitative estimate of drug-likeness (QED) is 0.682. The van der Waals surface area contributed by atoms with Crippen molar-refractivity contribution in [1.29, 1.82) is 0 Å². The van der Waals surface area contributed by atoms with Crippen molar-refractivity contribution in [2.45, 2.75) is 116 Å². The van der Waals surface area contributed by atoms with E-state index >= 15 is 0 Å². The van der Waals surface area contributed by atoms with Gasteiger partial charge in [0.15, 0.2) is 0 Å². The highest BCUT2D eigenvalue weighted by Gasteiger charge is 2.37. The van der Waals surface area contributed by atoms with E-state index in [1.54, 1.807) is 6.92 Å². The molecule has 2 saturated heterocycles. The number of carbonyl (C=O) groups excluding carboxylic acids is 2. The zero-order chi connectivity index (χ0) is 21.6. The smallest absolute Gasteiger partial charge is 0.311 e. The van der Waals surface area contributed by atoms with Crippen LogP contribution in [-0.2, 0) is 23.8 Å². The van der Waals surface area contributed by atoms with Crippen molar-refractivity contribution < 1.29 is 34.0 Å². The lowest BCUT2D eigenvalue weighted by molar-refractivity contribution is -0.161.